The molecule has 7 heteroatoms. The number of ether oxygens (including phenoxy) is 1. The Kier molecular flexibility index (Phi) is 8.99. The van der Waals surface area contributed by atoms with Crippen LogP contribution in [-0.4, -0.2) is 47.8 Å². The van der Waals surface area contributed by atoms with Crippen LogP contribution in [-0.2, 0) is 20.9 Å². The third kappa shape index (κ3) is 6.73. The van der Waals surface area contributed by atoms with Crippen LogP contribution in [0, 0.1) is 11.7 Å². The van der Waals surface area contributed by atoms with Gasteiger partial charge in [-0.2, -0.15) is 0 Å². The van der Waals surface area contributed by atoms with Gasteiger partial charge in [0.25, 0.3) is 5.91 Å². The highest BCUT2D eigenvalue weighted by atomic mass is 32.2. The van der Waals surface area contributed by atoms with Crippen molar-refractivity contribution in [2.75, 3.05) is 19.8 Å². The van der Waals surface area contributed by atoms with Gasteiger partial charge in [-0.15, -0.1) is 11.8 Å². The molecule has 0 bridgehead atoms. The van der Waals surface area contributed by atoms with Gasteiger partial charge in [0.05, 0.1) is 4.91 Å². The number of thioether (sulfide) groups is 1. The molecule has 2 aromatic carbocycles. The van der Waals surface area contributed by atoms with E-state index in [1.807, 2.05) is 48.2 Å². The number of carbonyl (C=O) groups excluding carboxylic acids is 2. The number of hydrogen-bond donors (Lipinski definition) is 1. The minimum atomic E-state index is -0.296. The smallest absolute Gasteiger partial charge is 0.260 e. The fraction of sp³-hybridized carbons (Fsp3) is 0.429. The van der Waals surface area contributed by atoms with Crippen LogP contribution in [0.5, 0.6) is 0 Å². The topological polar surface area (TPSA) is 58.6 Å². The molecule has 1 saturated heterocycles. The Labute approximate surface area is 211 Å². The molecule has 2 aliphatic rings. The molecule has 186 valence electrons. The van der Waals surface area contributed by atoms with Gasteiger partial charge in [0.15, 0.2) is 0 Å². The van der Waals surface area contributed by atoms with Gasteiger partial charge in [-0.05, 0) is 61.9 Å². The molecule has 0 radical (unpaired) electrons. The van der Waals surface area contributed by atoms with E-state index in [-0.39, 0.29) is 34.8 Å². The van der Waals surface area contributed by atoms with Gasteiger partial charge in [0.1, 0.15) is 5.82 Å². The van der Waals surface area contributed by atoms with Gasteiger partial charge in [-0.25, -0.2) is 4.39 Å². The summed E-state index contributed by atoms with van der Waals surface area (Å²) in [6.07, 6.45) is 5.06. The van der Waals surface area contributed by atoms with Crippen LogP contribution >= 0.6 is 11.8 Å². The molecule has 1 saturated carbocycles. The number of amides is 2. The van der Waals surface area contributed by atoms with Crippen molar-refractivity contribution in [1.29, 1.82) is 0 Å². The van der Waals surface area contributed by atoms with Gasteiger partial charge < -0.3 is 15.0 Å². The third-order valence-electron chi connectivity index (χ3n) is 6.61. The molecule has 2 aromatic rings. The highest BCUT2D eigenvalue weighted by Crippen LogP contribution is 2.44. The van der Waals surface area contributed by atoms with Crippen molar-refractivity contribution in [3.8, 4) is 0 Å². The van der Waals surface area contributed by atoms with E-state index in [9.17, 15) is 14.0 Å². The quantitative estimate of drug-likeness (QED) is 0.391. The molecule has 3 unspecified atom stereocenters. The van der Waals surface area contributed by atoms with Gasteiger partial charge in [-0.3, -0.25) is 9.59 Å². The molecular weight excluding hydrogens is 463 g/mol. The van der Waals surface area contributed by atoms with Crippen LogP contribution in [0.2, 0.25) is 0 Å². The summed E-state index contributed by atoms with van der Waals surface area (Å²) in [7, 11) is 0. The summed E-state index contributed by atoms with van der Waals surface area (Å²) in [6.45, 7) is 4.27. The van der Waals surface area contributed by atoms with Crippen molar-refractivity contribution in [3.63, 3.8) is 0 Å². The predicted octanol–water partition coefficient (Wildman–Crippen LogP) is 5.02. The fourth-order valence-electron chi connectivity index (χ4n) is 4.77. The van der Waals surface area contributed by atoms with Gasteiger partial charge in [0, 0.05) is 43.5 Å². The number of rotatable bonds is 9. The lowest BCUT2D eigenvalue weighted by molar-refractivity contribution is -0.133. The molecule has 1 aliphatic heterocycles. The Balaban J connectivity index is 1.50. The Hall–Kier alpha value is -2.64. The molecule has 4 rings (SSSR count). The number of nitrogens with zero attached hydrogens (tertiary/aromatic N) is 1. The summed E-state index contributed by atoms with van der Waals surface area (Å²) in [5.41, 5.74) is 1.87. The Bertz CT molecular complexity index is 1030. The highest BCUT2D eigenvalue weighted by molar-refractivity contribution is 8.04. The summed E-state index contributed by atoms with van der Waals surface area (Å²) in [5, 5.41) is 3.27. The Morgan fingerprint density at radius 2 is 1.94 bits per heavy atom. The van der Waals surface area contributed by atoms with E-state index in [0.29, 0.717) is 32.7 Å². The number of carbonyl (C=O) groups is 2. The van der Waals surface area contributed by atoms with E-state index < -0.39 is 0 Å². The molecule has 3 atom stereocenters. The minimum Gasteiger partial charge on any atom is -0.382 e. The first kappa shape index (κ1) is 25.5. The van der Waals surface area contributed by atoms with Gasteiger partial charge >= 0.3 is 0 Å². The average molecular weight is 497 g/mol. The van der Waals surface area contributed by atoms with Crippen molar-refractivity contribution >= 4 is 29.7 Å². The van der Waals surface area contributed by atoms with E-state index >= 15 is 0 Å². The standard InChI is InChI=1S/C28H33FN2O3S/c1-2-34-16-6-15-30-27(32)22-11-14-25-24(18-22)31(19-21-9-12-23(29)13-10-21)28(33)26(35-25)17-20-7-4-3-5-8-20/h3-5,7-10,12-13,17,22,24-25H,2,6,11,14-16,18-19H2,1H3,(H,30,32)/b26-17-. The molecule has 1 N–H and O–H groups in total. The fourth-order valence-corrected chi connectivity index (χ4v) is 6.19. The molecule has 0 spiro atoms. The summed E-state index contributed by atoms with van der Waals surface area (Å²) < 4.78 is 18.8. The SMILES string of the molecule is CCOCCCNC(=O)C1CCC2S/C(=C\c3ccccc3)C(=O)N(Cc3ccc(F)cc3)C2C1. The average Bonchev–Trinajstić information content (AvgIpc) is 2.88. The first-order chi connectivity index (χ1) is 17.0. The zero-order valence-corrected chi connectivity index (χ0v) is 20.9. The third-order valence-corrected chi connectivity index (χ3v) is 8.01. The Morgan fingerprint density at radius 3 is 2.69 bits per heavy atom. The largest absolute Gasteiger partial charge is 0.382 e. The minimum absolute atomic E-state index is 0.0257. The highest BCUT2D eigenvalue weighted by Gasteiger charge is 2.44. The second-order valence-electron chi connectivity index (χ2n) is 9.05. The molecule has 2 amide bonds. The van der Waals surface area contributed by atoms with Crippen LogP contribution < -0.4 is 5.32 Å². The second kappa shape index (κ2) is 12.4. The van der Waals surface area contributed by atoms with Crippen molar-refractivity contribution in [3.05, 3.63) is 76.4 Å². The van der Waals surface area contributed by atoms with E-state index in [2.05, 4.69) is 5.32 Å². The van der Waals surface area contributed by atoms with E-state index in [1.165, 1.54) is 12.1 Å². The zero-order chi connectivity index (χ0) is 24.6. The van der Waals surface area contributed by atoms with E-state index in [0.717, 1.165) is 35.3 Å². The summed E-state index contributed by atoms with van der Waals surface area (Å²) in [5.74, 6) is -0.380. The van der Waals surface area contributed by atoms with E-state index in [1.54, 1.807) is 23.9 Å². The molecule has 1 heterocycles. The first-order valence-electron chi connectivity index (χ1n) is 12.4. The van der Waals surface area contributed by atoms with Crippen molar-refractivity contribution in [1.82, 2.24) is 10.2 Å². The lowest BCUT2D eigenvalue weighted by Gasteiger charge is -2.46. The summed E-state index contributed by atoms with van der Waals surface area (Å²) in [6, 6.07) is 16.1. The van der Waals surface area contributed by atoms with Gasteiger partial charge in [-0.1, -0.05) is 42.5 Å². The van der Waals surface area contributed by atoms with Crippen molar-refractivity contribution in [2.45, 2.75) is 50.4 Å². The molecule has 2 fully saturated rings. The normalized spacial score (nSPS) is 23.3. The summed E-state index contributed by atoms with van der Waals surface area (Å²) >= 11 is 1.64. The number of hydrogen-bond acceptors (Lipinski definition) is 4. The van der Waals surface area contributed by atoms with Crippen LogP contribution in [0.3, 0.4) is 0 Å². The van der Waals surface area contributed by atoms with Crippen LogP contribution in [0.4, 0.5) is 4.39 Å². The Morgan fingerprint density at radius 1 is 1.17 bits per heavy atom. The molecule has 5 nitrogen and oxygen atoms in total. The lowest BCUT2D eigenvalue weighted by atomic mass is 9.83. The molecular formula is C28H33FN2O3S. The van der Waals surface area contributed by atoms with Crippen LogP contribution in [0.1, 0.15) is 43.7 Å². The molecule has 1 aliphatic carbocycles. The number of benzene rings is 2. The second-order valence-corrected chi connectivity index (χ2v) is 10.3. The maximum absolute atomic E-state index is 13.7. The van der Waals surface area contributed by atoms with Crippen molar-refractivity contribution in [2.24, 2.45) is 5.92 Å². The zero-order valence-electron chi connectivity index (χ0n) is 20.1. The summed E-state index contributed by atoms with van der Waals surface area (Å²) in [4.78, 5) is 29.2. The number of fused-ring (bicyclic) bond motifs is 1. The molecule has 0 aromatic heterocycles. The maximum atomic E-state index is 13.7. The van der Waals surface area contributed by atoms with Crippen molar-refractivity contribution < 1.29 is 18.7 Å². The molecule has 35 heavy (non-hydrogen) atoms. The van der Waals surface area contributed by atoms with Gasteiger partial charge in [0.2, 0.25) is 5.91 Å². The maximum Gasteiger partial charge on any atom is 0.260 e. The predicted molar refractivity (Wildman–Crippen MR) is 138 cm³/mol. The first-order valence-corrected chi connectivity index (χ1v) is 13.3. The number of nitrogens with one attached hydrogen (secondary N) is 1. The van der Waals surface area contributed by atoms with Crippen LogP contribution in [0.25, 0.3) is 6.08 Å². The van der Waals surface area contributed by atoms with Crippen LogP contribution in [0.15, 0.2) is 59.5 Å². The lowest BCUT2D eigenvalue weighted by Crippen LogP contribution is -2.53. The van der Waals surface area contributed by atoms with E-state index in [4.69, 9.17) is 4.74 Å². The number of halogens is 1. The monoisotopic (exact) mass is 496 g/mol.